The first-order valence-electron chi connectivity index (χ1n) is 9.28. The van der Waals surface area contributed by atoms with E-state index in [0.29, 0.717) is 24.6 Å². The number of methoxy groups -OCH3 is 1. The predicted octanol–water partition coefficient (Wildman–Crippen LogP) is 3.60. The third-order valence-electron chi connectivity index (χ3n) is 5.40. The van der Waals surface area contributed by atoms with Crippen LogP contribution in [0.4, 0.5) is 5.95 Å². The first kappa shape index (κ1) is 16.8. The molecule has 2 unspecified atom stereocenters. The van der Waals surface area contributed by atoms with Gasteiger partial charge in [0.2, 0.25) is 5.95 Å². The number of carbonyl (C=O) groups excluding carboxylic acids is 1. The van der Waals surface area contributed by atoms with Gasteiger partial charge in [-0.1, -0.05) is 12.1 Å². The van der Waals surface area contributed by atoms with Crippen LogP contribution in [0.25, 0.3) is 0 Å². The lowest BCUT2D eigenvalue weighted by atomic mass is 9.79. The van der Waals surface area contributed by atoms with Gasteiger partial charge in [0.25, 0.3) is 0 Å². The molecule has 0 amide bonds. The van der Waals surface area contributed by atoms with Gasteiger partial charge in [0.15, 0.2) is 5.78 Å². The number of allylic oxidation sites excluding steroid dienone is 2. The fraction of sp³-hybridized carbons (Fsp3) is 0.286. The van der Waals surface area contributed by atoms with Crippen LogP contribution in [0.3, 0.4) is 0 Å². The average molecular weight is 376 g/mol. The van der Waals surface area contributed by atoms with Gasteiger partial charge in [-0.3, -0.25) is 4.79 Å². The van der Waals surface area contributed by atoms with Crippen molar-refractivity contribution >= 4 is 11.7 Å². The third kappa shape index (κ3) is 2.62. The van der Waals surface area contributed by atoms with Crippen molar-refractivity contribution in [3.63, 3.8) is 0 Å². The van der Waals surface area contributed by atoms with Gasteiger partial charge in [0.1, 0.15) is 23.4 Å². The minimum Gasteiger partial charge on any atom is -0.497 e. The molecular formula is C21H20N4O3. The quantitative estimate of drug-likeness (QED) is 0.752. The van der Waals surface area contributed by atoms with Crippen LogP contribution in [0.2, 0.25) is 0 Å². The summed E-state index contributed by atoms with van der Waals surface area (Å²) in [6.45, 7) is 1.85. The van der Waals surface area contributed by atoms with Crippen molar-refractivity contribution in [3.8, 4) is 5.75 Å². The summed E-state index contributed by atoms with van der Waals surface area (Å²) in [4.78, 5) is 17.7. The van der Waals surface area contributed by atoms with Crippen molar-refractivity contribution in [2.24, 2.45) is 0 Å². The Balaban J connectivity index is 1.61. The van der Waals surface area contributed by atoms with Gasteiger partial charge in [-0.25, -0.2) is 4.68 Å². The molecule has 2 aromatic heterocycles. The molecular weight excluding hydrogens is 356 g/mol. The number of Topliss-reactive ketones (excluding diaryl/α,β-unsaturated/α-hetero) is 1. The molecule has 5 rings (SSSR count). The molecule has 0 spiro atoms. The number of ketones is 1. The van der Waals surface area contributed by atoms with Crippen molar-refractivity contribution in [1.29, 1.82) is 0 Å². The number of furan rings is 1. The zero-order chi connectivity index (χ0) is 19.3. The number of aryl methyl sites for hydroxylation is 1. The van der Waals surface area contributed by atoms with Gasteiger partial charge in [-0.05, 0) is 43.2 Å². The van der Waals surface area contributed by atoms with Gasteiger partial charge in [0.05, 0.1) is 13.4 Å². The predicted molar refractivity (Wildman–Crippen MR) is 102 cm³/mol. The number of hydrogen-bond donors (Lipinski definition) is 1. The Kier molecular flexibility index (Phi) is 3.82. The number of benzene rings is 1. The Morgan fingerprint density at radius 3 is 2.75 bits per heavy atom. The highest BCUT2D eigenvalue weighted by molar-refractivity contribution is 6.00. The molecule has 1 aliphatic carbocycles. The average Bonchev–Trinajstić information content (AvgIpc) is 3.35. The molecule has 1 aromatic carbocycles. The van der Waals surface area contributed by atoms with Crippen LogP contribution >= 0.6 is 0 Å². The molecule has 0 saturated heterocycles. The molecule has 7 heteroatoms. The van der Waals surface area contributed by atoms with E-state index in [1.54, 1.807) is 18.1 Å². The lowest BCUT2D eigenvalue weighted by molar-refractivity contribution is -0.117. The van der Waals surface area contributed by atoms with E-state index in [1.165, 1.54) is 0 Å². The number of nitrogens with zero attached hydrogens (tertiary/aromatic N) is 3. The summed E-state index contributed by atoms with van der Waals surface area (Å²) >= 11 is 0. The van der Waals surface area contributed by atoms with Crippen LogP contribution in [0.15, 0.2) is 58.3 Å². The maximum absolute atomic E-state index is 13.2. The van der Waals surface area contributed by atoms with Crippen molar-refractivity contribution in [2.45, 2.75) is 31.7 Å². The number of rotatable bonds is 3. The van der Waals surface area contributed by atoms with Crippen molar-refractivity contribution in [2.75, 3.05) is 12.4 Å². The fourth-order valence-electron chi connectivity index (χ4n) is 4.14. The molecule has 0 saturated carbocycles. The number of hydrogen-bond acceptors (Lipinski definition) is 6. The molecule has 0 bridgehead atoms. The van der Waals surface area contributed by atoms with E-state index in [1.807, 2.05) is 43.3 Å². The molecule has 28 heavy (non-hydrogen) atoms. The third-order valence-corrected chi connectivity index (χ3v) is 5.40. The summed E-state index contributed by atoms with van der Waals surface area (Å²) in [5.41, 5.74) is 2.63. The standard InChI is InChI=1S/C21H20N4O3/c1-12-22-21-23-16-10-14(18-4-3-9-28-18)11-17(26)19(16)20(25(21)24-12)13-5-7-15(27-2)8-6-13/h3-9,14,20H,10-11H2,1-2H3,(H,22,23,24). The SMILES string of the molecule is COc1ccc(C2C3=C(CC(c4ccco4)CC3=O)Nc3nc(C)nn32)cc1. The summed E-state index contributed by atoms with van der Waals surface area (Å²) in [5.74, 6) is 3.07. The summed E-state index contributed by atoms with van der Waals surface area (Å²) in [6.07, 6.45) is 2.77. The van der Waals surface area contributed by atoms with E-state index < -0.39 is 0 Å². The number of ether oxygens (including phenoxy) is 1. The topological polar surface area (TPSA) is 82.2 Å². The minimum atomic E-state index is -0.302. The Hall–Kier alpha value is -3.35. The van der Waals surface area contributed by atoms with Crippen LogP contribution in [-0.4, -0.2) is 27.7 Å². The summed E-state index contributed by atoms with van der Waals surface area (Å²) < 4.78 is 12.6. The molecule has 3 heterocycles. The molecule has 3 aromatic rings. The monoisotopic (exact) mass is 376 g/mol. The number of anilines is 1. The van der Waals surface area contributed by atoms with E-state index in [0.717, 1.165) is 28.3 Å². The molecule has 1 aliphatic heterocycles. The minimum absolute atomic E-state index is 0.0286. The van der Waals surface area contributed by atoms with E-state index >= 15 is 0 Å². The number of nitrogens with one attached hydrogen (secondary N) is 1. The molecule has 7 nitrogen and oxygen atoms in total. The molecule has 0 fully saturated rings. The van der Waals surface area contributed by atoms with E-state index in [9.17, 15) is 4.79 Å². The highest BCUT2D eigenvalue weighted by atomic mass is 16.5. The molecule has 2 aliphatic rings. The van der Waals surface area contributed by atoms with Crippen molar-refractivity contribution in [1.82, 2.24) is 14.8 Å². The van der Waals surface area contributed by atoms with E-state index in [2.05, 4.69) is 15.4 Å². The van der Waals surface area contributed by atoms with Crippen LogP contribution < -0.4 is 10.1 Å². The van der Waals surface area contributed by atoms with Gasteiger partial charge < -0.3 is 14.5 Å². The normalized spacial score (nSPS) is 21.1. The fourth-order valence-corrected chi connectivity index (χ4v) is 4.14. The first-order chi connectivity index (χ1) is 13.6. The van der Waals surface area contributed by atoms with Gasteiger partial charge in [-0.15, -0.1) is 0 Å². The van der Waals surface area contributed by atoms with Gasteiger partial charge >= 0.3 is 0 Å². The maximum atomic E-state index is 13.2. The number of aromatic nitrogens is 3. The molecule has 0 radical (unpaired) electrons. The Morgan fingerprint density at radius 1 is 1.21 bits per heavy atom. The lowest BCUT2D eigenvalue weighted by Gasteiger charge is -2.34. The zero-order valence-corrected chi connectivity index (χ0v) is 15.7. The Morgan fingerprint density at radius 2 is 2.04 bits per heavy atom. The second-order valence-electron chi connectivity index (χ2n) is 7.16. The van der Waals surface area contributed by atoms with Gasteiger partial charge in [-0.2, -0.15) is 10.1 Å². The Bertz CT molecular complexity index is 1060. The van der Waals surface area contributed by atoms with Crippen molar-refractivity contribution in [3.05, 3.63) is 71.1 Å². The second-order valence-corrected chi connectivity index (χ2v) is 7.16. The highest BCUT2D eigenvalue weighted by Gasteiger charge is 2.40. The zero-order valence-electron chi connectivity index (χ0n) is 15.7. The number of carbonyl (C=O) groups is 1. The van der Waals surface area contributed by atoms with Crippen LogP contribution in [-0.2, 0) is 4.79 Å². The molecule has 142 valence electrons. The molecule has 1 N–H and O–H groups in total. The summed E-state index contributed by atoms with van der Waals surface area (Å²) in [6, 6.07) is 11.2. The Labute approximate surface area is 162 Å². The largest absolute Gasteiger partial charge is 0.497 e. The summed E-state index contributed by atoms with van der Waals surface area (Å²) in [7, 11) is 1.64. The second kappa shape index (κ2) is 6.37. The van der Waals surface area contributed by atoms with Crippen LogP contribution in [0, 0.1) is 6.92 Å². The van der Waals surface area contributed by atoms with Gasteiger partial charge in [0, 0.05) is 23.6 Å². The van der Waals surface area contributed by atoms with E-state index in [4.69, 9.17) is 9.15 Å². The lowest BCUT2D eigenvalue weighted by Crippen LogP contribution is -2.33. The van der Waals surface area contributed by atoms with Crippen molar-refractivity contribution < 1.29 is 13.9 Å². The van der Waals surface area contributed by atoms with Crippen LogP contribution in [0.5, 0.6) is 5.75 Å². The summed E-state index contributed by atoms with van der Waals surface area (Å²) in [5, 5.41) is 7.90. The van der Waals surface area contributed by atoms with Crippen LogP contribution in [0.1, 0.15) is 41.9 Å². The highest BCUT2D eigenvalue weighted by Crippen LogP contribution is 2.44. The van der Waals surface area contributed by atoms with E-state index in [-0.39, 0.29) is 17.7 Å². The maximum Gasteiger partial charge on any atom is 0.226 e. The smallest absolute Gasteiger partial charge is 0.226 e. The number of fused-ring (bicyclic) bond motifs is 1. The molecule has 2 atom stereocenters. The first-order valence-corrected chi connectivity index (χ1v) is 9.28.